The fourth-order valence-electron chi connectivity index (χ4n) is 3.44. The molecule has 1 aliphatic heterocycles. The molecule has 1 atom stereocenters. The van der Waals surface area contributed by atoms with E-state index in [-0.39, 0.29) is 11.8 Å². The van der Waals surface area contributed by atoms with Crippen molar-refractivity contribution in [1.29, 1.82) is 0 Å². The number of carbonyl (C=O) groups is 1. The van der Waals surface area contributed by atoms with Gasteiger partial charge in [0.15, 0.2) is 0 Å². The maximum absolute atomic E-state index is 12.0. The Hall–Kier alpha value is -1.35. The van der Waals surface area contributed by atoms with E-state index >= 15 is 0 Å². The van der Waals surface area contributed by atoms with Gasteiger partial charge in [-0.05, 0) is 49.3 Å². The second-order valence-corrected chi connectivity index (χ2v) is 7.03. The third-order valence-corrected chi connectivity index (χ3v) is 4.99. The van der Waals surface area contributed by atoms with Crippen molar-refractivity contribution < 1.29 is 4.79 Å². The lowest BCUT2D eigenvalue weighted by molar-refractivity contribution is -0.125. The minimum Gasteiger partial charge on any atom is -0.352 e. The fraction of sp³-hybridized carbons (Fsp3) is 0.650. The third kappa shape index (κ3) is 5.65. The molecule has 2 rings (SSSR count). The number of likely N-dealkylation sites (tertiary alicyclic amines) is 1. The molecular formula is C20H32N2O. The van der Waals surface area contributed by atoms with Crippen molar-refractivity contribution in [3.05, 3.63) is 35.4 Å². The lowest BCUT2D eigenvalue weighted by atomic mass is 9.99. The zero-order valence-electron chi connectivity index (χ0n) is 15.0. The van der Waals surface area contributed by atoms with E-state index in [0.717, 1.165) is 25.3 Å². The number of carbonyl (C=O) groups excluding carboxylic acids is 1. The van der Waals surface area contributed by atoms with E-state index < -0.39 is 0 Å². The zero-order chi connectivity index (χ0) is 16.7. The van der Waals surface area contributed by atoms with Crippen LogP contribution in [0.3, 0.4) is 0 Å². The Morgan fingerprint density at radius 1 is 1.22 bits per heavy atom. The van der Waals surface area contributed by atoms with Crippen LogP contribution in [0.15, 0.2) is 24.3 Å². The number of benzene rings is 1. The summed E-state index contributed by atoms with van der Waals surface area (Å²) in [7, 11) is 0. The lowest BCUT2D eigenvalue weighted by Crippen LogP contribution is -2.33. The van der Waals surface area contributed by atoms with E-state index in [0.29, 0.717) is 6.54 Å². The normalized spacial score (nSPS) is 19.0. The van der Waals surface area contributed by atoms with Crippen molar-refractivity contribution in [2.45, 2.75) is 59.5 Å². The lowest BCUT2D eigenvalue weighted by Gasteiger charge is -2.30. The largest absolute Gasteiger partial charge is 0.352 e. The number of amides is 1. The van der Waals surface area contributed by atoms with Crippen molar-refractivity contribution in [1.82, 2.24) is 10.2 Å². The molecule has 1 unspecified atom stereocenters. The smallest absolute Gasteiger partial charge is 0.223 e. The van der Waals surface area contributed by atoms with Crippen molar-refractivity contribution in [2.24, 2.45) is 11.8 Å². The molecule has 128 valence electrons. The first-order chi connectivity index (χ1) is 11.1. The van der Waals surface area contributed by atoms with E-state index in [1.54, 1.807) is 0 Å². The maximum Gasteiger partial charge on any atom is 0.223 e. The Kier molecular flexibility index (Phi) is 7.10. The van der Waals surface area contributed by atoms with E-state index in [9.17, 15) is 4.79 Å². The van der Waals surface area contributed by atoms with Crippen LogP contribution in [-0.4, -0.2) is 23.9 Å². The number of nitrogens with zero attached hydrogens (tertiary/aromatic N) is 1. The van der Waals surface area contributed by atoms with Gasteiger partial charge in [0, 0.05) is 25.6 Å². The van der Waals surface area contributed by atoms with Gasteiger partial charge in [-0.25, -0.2) is 0 Å². The Bertz CT molecular complexity index is 479. The summed E-state index contributed by atoms with van der Waals surface area (Å²) in [6.07, 6.45) is 4.51. The molecule has 1 fully saturated rings. The van der Waals surface area contributed by atoms with E-state index in [1.165, 1.54) is 37.1 Å². The van der Waals surface area contributed by atoms with Gasteiger partial charge in [-0.3, -0.25) is 9.69 Å². The molecule has 1 heterocycles. The van der Waals surface area contributed by atoms with Gasteiger partial charge in [-0.1, -0.05) is 45.0 Å². The second-order valence-electron chi connectivity index (χ2n) is 7.03. The van der Waals surface area contributed by atoms with Crippen LogP contribution in [0.2, 0.25) is 0 Å². The monoisotopic (exact) mass is 316 g/mol. The quantitative estimate of drug-likeness (QED) is 0.825. The number of piperidine rings is 1. The molecule has 23 heavy (non-hydrogen) atoms. The molecule has 1 aliphatic rings. The Balaban J connectivity index is 1.81. The summed E-state index contributed by atoms with van der Waals surface area (Å²) in [4.78, 5) is 14.6. The molecular weight excluding hydrogens is 284 g/mol. The number of rotatable bonds is 7. The van der Waals surface area contributed by atoms with Crippen LogP contribution in [0, 0.1) is 11.8 Å². The molecule has 0 aliphatic carbocycles. The molecule has 0 bridgehead atoms. The summed E-state index contributed by atoms with van der Waals surface area (Å²) in [6.45, 7) is 10.6. The first-order valence-electron chi connectivity index (χ1n) is 9.20. The van der Waals surface area contributed by atoms with Crippen molar-refractivity contribution in [3.63, 3.8) is 0 Å². The molecule has 0 saturated carbocycles. The predicted octanol–water partition coefficient (Wildman–Crippen LogP) is 3.97. The predicted molar refractivity (Wildman–Crippen MR) is 96.0 cm³/mol. The SMILES string of the molecule is CCC(CC)C(=O)NCc1ccc(CN2CCCC(C)C2)cc1. The molecule has 3 heteroatoms. The molecule has 3 nitrogen and oxygen atoms in total. The third-order valence-electron chi connectivity index (χ3n) is 4.99. The molecule has 1 amide bonds. The minimum absolute atomic E-state index is 0.148. The van der Waals surface area contributed by atoms with Gasteiger partial charge in [-0.2, -0.15) is 0 Å². The Morgan fingerprint density at radius 3 is 2.48 bits per heavy atom. The van der Waals surface area contributed by atoms with E-state index in [4.69, 9.17) is 0 Å². The van der Waals surface area contributed by atoms with Crippen LogP contribution >= 0.6 is 0 Å². The zero-order valence-corrected chi connectivity index (χ0v) is 15.0. The summed E-state index contributed by atoms with van der Waals surface area (Å²) in [6, 6.07) is 8.71. The van der Waals surface area contributed by atoms with Gasteiger partial charge in [-0.15, -0.1) is 0 Å². The number of nitrogens with one attached hydrogen (secondary N) is 1. The van der Waals surface area contributed by atoms with Gasteiger partial charge in [0.05, 0.1) is 0 Å². The average molecular weight is 316 g/mol. The molecule has 0 spiro atoms. The van der Waals surface area contributed by atoms with Crippen LogP contribution in [0.25, 0.3) is 0 Å². The first kappa shape index (κ1) is 18.0. The van der Waals surface area contributed by atoms with Gasteiger partial charge >= 0.3 is 0 Å². The van der Waals surface area contributed by atoms with Crippen molar-refractivity contribution >= 4 is 5.91 Å². The van der Waals surface area contributed by atoms with Crippen molar-refractivity contribution in [2.75, 3.05) is 13.1 Å². The second kappa shape index (κ2) is 9.07. The molecule has 1 aromatic carbocycles. The minimum atomic E-state index is 0.148. The van der Waals surface area contributed by atoms with Crippen LogP contribution in [-0.2, 0) is 17.9 Å². The van der Waals surface area contributed by atoms with E-state index in [1.807, 2.05) is 0 Å². The highest BCUT2D eigenvalue weighted by Gasteiger charge is 2.16. The molecule has 0 radical (unpaired) electrons. The highest BCUT2D eigenvalue weighted by Crippen LogP contribution is 2.18. The van der Waals surface area contributed by atoms with Gasteiger partial charge in [0.1, 0.15) is 0 Å². The number of hydrogen-bond donors (Lipinski definition) is 1. The standard InChI is InChI=1S/C20H32N2O/c1-4-19(5-2)20(23)21-13-17-8-10-18(11-9-17)15-22-12-6-7-16(3)14-22/h8-11,16,19H,4-7,12-15H2,1-3H3,(H,21,23). The highest BCUT2D eigenvalue weighted by molar-refractivity contribution is 5.78. The van der Waals surface area contributed by atoms with Gasteiger partial charge in [0.25, 0.3) is 0 Å². The average Bonchev–Trinajstić information content (AvgIpc) is 2.55. The molecule has 1 saturated heterocycles. The van der Waals surface area contributed by atoms with Crippen LogP contribution in [0.5, 0.6) is 0 Å². The topological polar surface area (TPSA) is 32.3 Å². The van der Waals surface area contributed by atoms with Gasteiger partial charge in [0.2, 0.25) is 5.91 Å². The summed E-state index contributed by atoms with van der Waals surface area (Å²) < 4.78 is 0. The summed E-state index contributed by atoms with van der Waals surface area (Å²) >= 11 is 0. The number of hydrogen-bond acceptors (Lipinski definition) is 2. The Labute approximate surface area is 141 Å². The van der Waals surface area contributed by atoms with Crippen LogP contribution in [0.1, 0.15) is 57.6 Å². The van der Waals surface area contributed by atoms with Crippen LogP contribution < -0.4 is 5.32 Å². The summed E-state index contributed by atoms with van der Waals surface area (Å²) in [5.74, 6) is 1.15. The summed E-state index contributed by atoms with van der Waals surface area (Å²) in [5.41, 5.74) is 2.55. The first-order valence-corrected chi connectivity index (χ1v) is 9.20. The van der Waals surface area contributed by atoms with Gasteiger partial charge < -0.3 is 5.32 Å². The highest BCUT2D eigenvalue weighted by atomic mass is 16.1. The molecule has 0 aromatic heterocycles. The molecule has 1 N–H and O–H groups in total. The van der Waals surface area contributed by atoms with E-state index in [2.05, 4.69) is 55.3 Å². The fourth-order valence-corrected chi connectivity index (χ4v) is 3.44. The van der Waals surface area contributed by atoms with Crippen LogP contribution in [0.4, 0.5) is 0 Å². The maximum atomic E-state index is 12.0. The summed E-state index contributed by atoms with van der Waals surface area (Å²) in [5, 5.41) is 3.06. The van der Waals surface area contributed by atoms with Crippen molar-refractivity contribution in [3.8, 4) is 0 Å². The molecule has 1 aromatic rings. The Morgan fingerprint density at radius 2 is 1.87 bits per heavy atom.